The maximum atomic E-state index is 13.5. The van der Waals surface area contributed by atoms with Crippen molar-refractivity contribution in [1.29, 1.82) is 0 Å². The molecule has 1 amide bonds. The monoisotopic (exact) mass is 426 g/mol. The molecule has 0 radical (unpaired) electrons. The van der Waals surface area contributed by atoms with Gasteiger partial charge in [0.1, 0.15) is 11.6 Å². The van der Waals surface area contributed by atoms with Gasteiger partial charge in [0.15, 0.2) is 0 Å². The van der Waals surface area contributed by atoms with Gasteiger partial charge >= 0.3 is 0 Å². The van der Waals surface area contributed by atoms with Gasteiger partial charge < -0.3 is 9.64 Å². The Hall–Kier alpha value is -2.40. The summed E-state index contributed by atoms with van der Waals surface area (Å²) in [4.78, 5) is 17.5. The molecule has 0 N–H and O–H groups in total. The van der Waals surface area contributed by atoms with Crippen molar-refractivity contribution in [1.82, 2.24) is 9.80 Å². The molecule has 2 aromatic rings. The molecule has 168 valence electrons. The molecule has 5 heteroatoms. The van der Waals surface area contributed by atoms with Crippen LogP contribution in [0.15, 0.2) is 48.5 Å². The highest BCUT2D eigenvalue weighted by molar-refractivity contribution is 5.78. The van der Waals surface area contributed by atoms with E-state index in [2.05, 4.69) is 30.9 Å². The van der Waals surface area contributed by atoms with Crippen LogP contribution in [0, 0.1) is 17.7 Å². The van der Waals surface area contributed by atoms with Gasteiger partial charge in [0, 0.05) is 25.2 Å². The lowest BCUT2D eigenvalue weighted by molar-refractivity contribution is -0.131. The first-order valence-electron chi connectivity index (χ1n) is 11.3. The van der Waals surface area contributed by atoms with E-state index >= 15 is 0 Å². The number of amides is 1. The van der Waals surface area contributed by atoms with E-state index in [1.54, 1.807) is 13.2 Å². The molecule has 1 aliphatic heterocycles. The summed E-state index contributed by atoms with van der Waals surface area (Å²) in [6.07, 6.45) is 2.42. The van der Waals surface area contributed by atoms with E-state index in [4.69, 9.17) is 4.74 Å². The van der Waals surface area contributed by atoms with E-state index < -0.39 is 0 Å². The topological polar surface area (TPSA) is 32.8 Å². The van der Waals surface area contributed by atoms with Gasteiger partial charge in [-0.05, 0) is 61.5 Å². The summed E-state index contributed by atoms with van der Waals surface area (Å²) in [5, 5.41) is 0. The molecule has 0 spiro atoms. The normalized spacial score (nSPS) is 15.3. The van der Waals surface area contributed by atoms with E-state index in [1.165, 1.54) is 17.7 Å². The summed E-state index contributed by atoms with van der Waals surface area (Å²) in [7, 11) is 1.72. The predicted molar refractivity (Wildman–Crippen MR) is 123 cm³/mol. The number of halogens is 1. The Kier molecular flexibility index (Phi) is 8.47. The number of ether oxygens (including phenoxy) is 1. The second-order valence-electron chi connectivity index (χ2n) is 9.03. The number of nitrogens with zero attached hydrogens (tertiary/aromatic N) is 2. The first-order valence-corrected chi connectivity index (χ1v) is 11.3. The molecule has 3 rings (SSSR count). The minimum absolute atomic E-state index is 0.0933. The fourth-order valence-electron chi connectivity index (χ4n) is 4.37. The number of hydrogen-bond donors (Lipinski definition) is 0. The first kappa shape index (κ1) is 23.3. The van der Waals surface area contributed by atoms with Crippen molar-refractivity contribution in [2.45, 2.75) is 39.7 Å². The number of carbonyl (C=O) groups is 1. The highest BCUT2D eigenvalue weighted by Crippen LogP contribution is 2.24. The molecule has 1 aliphatic rings. The van der Waals surface area contributed by atoms with Gasteiger partial charge in [-0.3, -0.25) is 9.69 Å². The van der Waals surface area contributed by atoms with Crippen molar-refractivity contribution >= 4 is 5.91 Å². The van der Waals surface area contributed by atoms with E-state index in [1.807, 2.05) is 23.1 Å². The molecular weight excluding hydrogens is 391 g/mol. The minimum Gasteiger partial charge on any atom is -0.496 e. The molecule has 1 saturated heterocycles. The number of methoxy groups -OCH3 is 1. The van der Waals surface area contributed by atoms with Gasteiger partial charge in [0.2, 0.25) is 5.91 Å². The van der Waals surface area contributed by atoms with E-state index in [0.717, 1.165) is 56.9 Å². The Labute approximate surface area is 186 Å². The first-order chi connectivity index (χ1) is 14.9. The largest absolute Gasteiger partial charge is 0.496 e. The van der Waals surface area contributed by atoms with Crippen LogP contribution in [0.1, 0.15) is 37.8 Å². The highest BCUT2D eigenvalue weighted by Gasteiger charge is 2.25. The SMILES string of the molecule is COc1ccccc1CN1CCC(CN(CC(C)C)C(=O)Cc2cccc(F)c2)CC1. The predicted octanol–water partition coefficient (Wildman–Crippen LogP) is 4.77. The average Bonchev–Trinajstić information content (AvgIpc) is 2.74. The molecule has 4 nitrogen and oxygen atoms in total. The second-order valence-corrected chi connectivity index (χ2v) is 9.03. The fraction of sp³-hybridized carbons (Fsp3) is 0.500. The van der Waals surface area contributed by atoms with Crippen LogP contribution in [-0.4, -0.2) is 49.0 Å². The number of carbonyl (C=O) groups excluding carboxylic acids is 1. The molecule has 1 fully saturated rings. The van der Waals surface area contributed by atoms with Gasteiger partial charge in [-0.1, -0.05) is 44.2 Å². The van der Waals surface area contributed by atoms with Crippen molar-refractivity contribution < 1.29 is 13.9 Å². The van der Waals surface area contributed by atoms with Crippen molar-refractivity contribution in [3.8, 4) is 5.75 Å². The zero-order valence-corrected chi connectivity index (χ0v) is 19.0. The molecule has 0 unspecified atom stereocenters. The van der Waals surface area contributed by atoms with Crippen LogP contribution >= 0.6 is 0 Å². The maximum absolute atomic E-state index is 13.5. The lowest BCUT2D eigenvalue weighted by Crippen LogP contribution is -2.42. The van der Waals surface area contributed by atoms with Crippen LogP contribution in [0.3, 0.4) is 0 Å². The van der Waals surface area contributed by atoms with Crippen LogP contribution < -0.4 is 4.74 Å². The third-order valence-corrected chi connectivity index (χ3v) is 5.95. The molecular formula is C26H35FN2O2. The van der Waals surface area contributed by atoms with Gasteiger partial charge in [0.25, 0.3) is 0 Å². The Balaban J connectivity index is 1.54. The number of piperidine rings is 1. The van der Waals surface area contributed by atoms with Crippen molar-refractivity contribution in [3.63, 3.8) is 0 Å². The quantitative estimate of drug-likeness (QED) is 0.579. The molecule has 31 heavy (non-hydrogen) atoms. The zero-order chi connectivity index (χ0) is 22.2. The number of likely N-dealkylation sites (tertiary alicyclic amines) is 1. The van der Waals surface area contributed by atoms with Crippen LogP contribution in [-0.2, 0) is 17.8 Å². The van der Waals surface area contributed by atoms with Gasteiger partial charge in [0.05, 0.1) is 13.5 Å². The number of rotatable bonds is 9. The van der Waals surface area contributed by atoms with Gasteiger partial charge in [-0.15, -0.1) is 0 Å². The molecule has 0 saturated carbocycles. The van der Waals surface area contributed by atoms with Gasteiger partial charge in [-0.2, -0.15) is 0 Å². The standard InChI is InChI=1S/C26H35FN2O2/c1-20(2)17-29(26(30)16-22-7-6-9-24(27)15-22)18-21-11-13-28(14-12-21)19-23-8-4-5-10-25(23)31-3/h4-10,15,20-21H,11-14,16-19H2,1-3H3. The van der Waals surface area contributed by atoms with Crippen molar-refractivity contribution in [2.75, 3.05) is 33.3 Å². The molecule has 0 aromatic heterocycles. The smallest absolute Gasteiger partial charge is 0.227 e. The van der Waals surface area contributed by atoms with Crippen LogP contribution in [0.4, 0.5) is 4.39 Å². The molecule has 0 bridgehead atoms. The number of benzene rings is 2. The van der Waals surface area contributed by atoms with Crippen LogP contribution in [0.5, 0.6) is 5.75 Å². The lowest BCUT2D eigenvalue weighted by Gasteiger charge is -2.35. The summed E-state index contributed by atoms with van der Waals surface area (Å²) >= 11 is 0. The summed E-state index contributed by atoms with van der Waals surface area (Å²) in [6, 6.07) is 14.6. The Bertz CT molecular complexity index is 847. The van der Waals surface area contributed by atoms with E-state index in [9.17, 15) is 9.18 Å². The summed E-state index contributed by atoms with van der Waals surface area (Å²) < 4.78 is 19.0. The van der Waals surface area contributed by atoms with Gasteiger partial charge in [-0.25, -0.2) is 4.39 Å². The zero-order valence-electron chi connectivity index (χ0n) is 19.0. The summed E-state index contributed by atoms with van der Waals surface area (Å²) in [5.41, 5.74) is 1.96. The molecule has 0 aliphatic carbocycles. The Morgan fingerprint density at radius 1 is 1.16 bits per heavy atom. The van der Waals surface area contributed by atoms with Crippen molar-refractivity contribution in [3.05, 3.63) is 65.5 Å². The Morgan fingerprint density at radius 2 is 1.90 bits per heavy atom. The maximum Gasteiger partial charge on any atom is 0.227 e. The molecule has 2 aromatic carbocycles. The average molecular weight is 427 g/mol. The third-order valence-electron chi connectivity index (χ3n) is 5.95. The molecule has 0 atom stereocenters. The van der Waals surface area contributed by atoms with Crippen LogP contribution in [0.2, 0.25) is 0 Å². The Morgan fingerprint density at radius 3 is 2.58 bits per heavy atom. The number of para-hydroxylation sites is 1. The summed E-state index contributed by atoms with van der Waals surface area (Å²) in [5.74, 6) is 1.65. The summed E-state index contributed by atoms with van der Waals surface area (Å²) in [6.45, 7) is 8.75. The van der Waals surface area contributed by atoms with E-state index in [-0.39, 0.29) is 18.1 Å². The minimum atomic E-state index is -0.289. The molecule has 1 heterocycles. The fourth-order valence-corrected chi connectivity index (χ4v) is 4.37. The third kappa shape index (κ3) is 7.06. The second kappa shape index (κ2) is 11.3. The van der Waals surface area contributed by atoms with E-state index in [0.29, 0.717) is 11.8 Å². The lowest BCUT2D eigenvalue weighted by atomic mass is 9.95. The highest BCUT2D eigenvalue weighted by atomic mass is 19.1. The van der Waals surface area contributed by atoms with Crippen molar-refractivity contribution in [2.24, 2.45) is 11.8 Å². The number of hydrogen-bond acceptors (Lipinski definition) is 3. The van der Waals surface area contributed by atoms with Crippen LogP contribution in [0.25, 0.3) is 0 Å².